The number of aromatic nitrogens is 1. The molecule has 0 radical (unpaired) electrons. The smallest absolute Gasteiger partial charge is 0.251 e. The summed E-state index contributed by atoms with van der Waals surface area (Å²) < 4.78 is 10.5. The summed E-state index contributed by atoms with van der Waals surface area (Å²) in [6, 6.07) is 16.8. The maximum atomic E-state index is 12.2. The average molecular weight is 322 g/mol. The molecule has 5 heteroatoms. The number of nitrogens with zero attached hydrogens (tertiary/aromatic N) is 1. The number of nitrogens with one attached hydrogen (secondary N) is 1. The van der Waals surface area contributed by atoms with Crippen LogP contribution in [0, 0.1) is 6.92 Å². The zero-order valence-electron chi connectivity index (χ0n) is 13.6. The number of hydrogen-bond acceptors (Lipinski definition) is 4. The van der Waals surface area contributed by atoms with Crippen molar-refractivity contribution in [1.82, 2.24) is 10.5 Å². The molecule has 0 aliphatic carbocycles. The summed E-state index contributed by atoms with van der Waals surface area (Å²) >= 11 is 0. The van der Waals surface area contributed by atoms with Gasteiger partial charge >= 0.3 is 0 Å². The molecule has 1 amide bonds. The molecule has 1 N–H and O–H groups in total. The normalized spacial score (nSPS) is 10.4. The van der Waals surface area contributed by atoms with Gasteiger partial charge in [-0.25, -0.2) is 0 Å². The van der Waals surface area contributed by atoms with Gasteiger partial charge in [-0.15, -0.1) is 0 Å². The standard InChI is InChI=1S/C19H18N2O3/c1-13-6-8-14(9-7-13)18-11-16(21-24-18)12-20-19(22)15-4-3-5-17(10-15)23-2/h3-11H,12H2,1-2H3,(H,20,22). The van der Waals surface area contributed by atoms with Crippen molar-refractivity contribution in [3.63, 3.8) is 0 Å². The van der Waals surface area contributed by atoms with E-state index in [-0.39, 0.29) is 5.91 Å². The Morgan fingerprint density at radius 2 is 1.96 bits per heavy atom. The first-order valence-corrected chi connectivity index (χ1v) is 7.60. The van der Waals surface area contributed by atoms with Crippen LogP contribution in [-0.2, 0) is 6.54 Å². The van der Waals surface area contributed by atoms with E-state index in [9.17, 15) is 4.79 Å². The SMILES string of the molecule is COc1cccc(C(=O)NCc2cc(-c3ccc(C)cc3)on2)c1. The number of methoxy groups -OCH3 is 1. The molecule has 2 aromatic carbocycles. The number of carbonyl (C=O) groups excluding carboxylic acids is 1. The van der Waals surface area contributed by atoms with Crippen molar-refractivity contribution >= 4 is 5.91 Å². The van der Waals surface area contributed by atoms with Crippen LogP contribution in [0.4, 0.5) is 0 Å². The van der Waals surface area contributed by atoms with Crippen molar-refractivity contribution in [2.45, 2.75) is 13.5 Å². The van der Waals surface area contributed by atoms with Gasteiger partial charge in [0.25, 0.3) is 5.91 Å². The van der Waals surface area contributed by atoms with Crippen LogP contribution >= 0.6 is 0 Å². The lowest BCUT2D eigenvalue weighted by atomic mass is 10.1. The Bertz CT molecular complexity index is 838. The molecule has 0 fully saturated rings. The summed E-state index contributed by atoms with van der Waals surface area (Å²) in [5.74, 6) is 1.14. The minimum absolute atomic E-state index is 0.186. The molecule has 0 saturated heterocycles. The van der Waals surface area contributed by atoms with Gasteiger partial charge in [0, 0.05) is 17.2 Å². The fourth-order valence-electron chi connectivity index (χ4n) is 2.29. The number of amides is 1. The minimum Gasteiger partial charge on any atom is -0.497 e. The summed E-state index contributed by atoms with van der Waals surface area (Å²) in [6.45, 7) is 2.33. The Balaban J connectivity index is 1.64. The fraction of sp³-hybridized carbons (Fsp3) is 0.158. The number of ether oxygens (including phenoxy) is 1. The Labute approximate surface area is 140 Å². The van der Waals surface area contributed by atoms with Crippen LogP contribution in [0.3, 0.4) is 0 Å². The first-order valence-electron chi connectivity index (χ1n) is 7.60. The second-order valence-corrected chi connectivity index (χ2v) is 5.46. The van der Waals surface area contributed by atoms with Crippen LogP contribution in [0.1, 0.15) is 21.6 Å². The molecule has 24 heavy (non-hydrogen) atoms. The highest BCUT2D eigenvalue weighted by molar-refractivity contribution is 5.94. The Kier molecular flexibility index (Phi) is 4.61. The molecule has 0 aliphatic rings. The summed E-state index contributed by atoms with van der Waals surface area (Å²) in [7, 11) is 1.57. The van der Waals surface area contributed by atoms with E-state index in [0.29, 0.717) is 29.3 Å². The van der Waals surface area contributed by atoms with Crippen molar-refractivity contribution in [3.8, 4) is 17.1 Å². The molecule has 0 unspecified atom stereocenters. The molecule has 0 saturated carbocycles. The van der Waals surface area contributed by atoms with Gasteiger partial charge in [-0.3, -0.25) is 4.79 Å². The van der Waals surface area contributed by atoms with Crippen LogP contribution in [-0.4, -0.2) is 18.2 Å². The van der Waals surface area contributed by atoms with Crippen molar-refractivity contribution in [2.75, 3.05) is 7.11 Å². The van der Waals surface area contributed by atoms with Gasteiger partial charge in [0.05, 0.1) is 13.7 Å². The third kappa shape index (κ3) is 3.63. The molecule has 3 aromatic rings. The molecule has 3 rings (SSSR count). The molecule has 0 aliphatic heterocycles. The van der Waals surface area contributed by atoms with E-state index in [2.05, 4.69) is 10.5 Å². The van der Waals surface area contributed by atoms with E-state index in [0.717, 1.165) is 5.56 Å². The quantitative estimate of drug-likeness (QED) is 0.779. The van der Waals surface area contributed by atoms with Gasteiger partial charge in [0.15, 0.2) is 5.76 Å². The molecule has 5 nitrogen and oxygen atoms in total. The van der Waals surface area contributed by atoms with Gasteiger partial charge in [0.1, 0.15) is 11.4 Å². The van der Waals surface area contributed by atoms with Crippen LogP contribution < -0.4 is 10.1 Å². The predicted octanol–water partition coefficient (Wildman–Crippen LogP) is 3.59. The fourth-order valence-corrected chi connectivity index (χ4v) is 2.29. The van der Waals surface area contributed by atoms with Gasteiger partial charge in [-0.1, -0.05) is 41.1 Å². The van der Waals surface area contributed by atoms with E-state index >= 15 is 0 Å². The van der Waals surface area contributed by atoms with Crippen LogP contribution in [0.5, 0.6) is 5.75 Å². The second-order valence-electron chi connectivity index (χ2n) is 5.46. The second kappa shape index (κ2) is 7.00. The zero-order valence-corrected chi connectivity index (χ0v) is 13.6. The van der Waals surface area contributed by atoms with Gasteiger partial charge < -0.3 is 14.6 Å². The topological polar surface area (TPSA) is 64.4 Å². The van der Waals surface area contributed by atoms with E-state index < -0.39 is 0 Å². The van der Waals surface area contributed by atoms with E-state index in [1.165, 1.54) is 5.56 Å². The third-order valence-electron chi connectivity index (χ3n) is 3.66. The van der Waals surface area contributed by atoms with Crippen LogP contribution in [0.15, 0.2) is 59.1 Å². The lowest BCUT2D eigenvalue weighted by Gasteiger charge is -2.04. The maximum absolute atomic E-state index is 12.2. The summed E-state index contributed by atoms with van der Waals surface area (Å²) in [5.41, 5.74) is 3.35. The largest absolute Gasteiger partial charge is 0.497 e. The molecule has 0 spiro atoms. The number of carbonyl (C=O) groups is 1. The van der Waals surface area contributed by atoms with Gasteiger partial charge in [-0.05, 0) is 25.1 Å². The number of benzene rings is 2. The summed E-state index contributed by atoms with van der Waals surface area (Å²) in [6.07, 6.45) is 0. The maximum Gasteiger partial charge on any atom is 0.251 e. The molecule has 1 heterocycles. The van der Waals surface area contributed by atoms with Crippen molar-refractivity contribution in [1.29, 1.82) is 0 Å². The molecular weight excluding hydrogens is 304 g/mol. The van der Waals surface area contributed by atoms with E-state index in [1.54, 1.807) is 31.4 Å². The molecular formula is C19H18N2O3. The Morgan fingerprint density at radius 1 is 1.17 bits per heavy atom. The van der Waals surface area contributed by atoms with Crippen LogP contribution in [0.25, 0.3) is 11.3 Å². The monoisotopic (exact) mass is 322 g/mol. The number of aryl methyl sites for hydroxylation is 1. The summed E-state index contributed by atoms with van der Waals surface area (Å²) in [4.78, 5) is 12.2. The highest BCUT2D eigenvalue weighted by Crippen LogP contribution is 2.20. The lowest BCUT2D eigenvalue weighted by Crippen LogP contribution is -2.22. The van der Waals surface area contributed by atoms with E-state index in [1.807, 2.05) is 37.3 Å². The highest BCUT2D eigenvalue weighted by atomic mass is 16.5. The number of rotatable bonds is 5. The number of hydrogen-bond donors (Lipinski definition) is 1. The Morgan fingerprint density at radius 3 is 2.71 bits per heavy atom. The third-order valence-corrected chi connectivity index (χ3v) is 3.66. The lowest BCUT2D eigenvalue weighted by molar-refractivity contribution is 0.0949. The molecule has 0 bridgehead atoms. The van der Waals surface area contributed by atoms with E-state index in [4.69, 9.17) is 9.26 Å². The summed E-state index contributed by atoms with van der Waals surface area (Å²) in [5, 5.41) is 6.82. The van der Waals surface area contributed by atoms with Crippen molar-refractivity contribution in [2.24, 2.45) is 0 Å². The molecule has 0 atom stereocenters. The first kappa shape index (κ1) is 15.8. The highest BCUT2D eigenvalue weighted by Gasteiger charge is 2.10. The van der Waals surface area contributed by atoms with Gasteiger partial charge in [0.2, 0.25) is 0 Å². The average Bonchev–Trinajstić information content (AvgIpc) is 3.09. The van der Waals surface area contributed by atoms with Crippen molar-refractivity contribution in [3.05, 3.63) is 71.4 Å². The molecule has 122 valence electrons. The zero-order chi connectivity index (χ0) is 16.9. The Hall–Kier alpha value is -3.08. The van der Waals surface area contributed by atoms with Crippen molar-refractivity contribution < 1.29 is 14.1 Å². The first-order chi connectivity index (χ1) is 11.7. The predicted molar refractivity (Wildman–Crippen MR) is 90.8 cm³/mol. The van der Waals surface area contributed by atoms with Gasteiger partial charge in [-0.2, -0.15) is 0 Å². The van der Waals surface area contributed by atoms with Crippen LogP contribution in [0.2, 0.25) is 0 Å². The molecule has 1 aromatic heterocycles. The minimum atomic E-state index is -0.186.